The molecular formula is C25H45N2O9PS. The Morgan fingerprint density at radius 1 is 1.05 bits per heavy atom. The second-order valence-electron chi connectivity index (χ2n) is 9.96. The molecule has 11 nitrogen and oxygen atoms in total. The maximum Gasteiger partial charge on any atom is 0.472 e. The molecule has 1 aromatic rings. The van der Waals surface area contributed by atoms with Crippen molar-refractivity contribution < 1.29 is 38.2 Å². The molecule has 4 N–H and O–H groups in total. The molecule has 1 fully saturated rings. The molecule has 5 atom stereocenters. The first-order chi connectivity index (χ1) is 18.1. The minimum Gasteiger partial charge on any atom is -0.387 e. The lowest BCUT2D eigenvalue weighted by molar-refractivity contribution is -0.0978. The summed E-state index contributed by atoms with van der Waals surface area (Å²) >= 11 is 5.10. The number of ether oxygens (including phenoxy) is 2. The molecule has 2 heterocycles. The third-order valence-electron chi connectivity index (χ3n) is 6.59. The van der Waals surface area contributed by atoms with Gasteiger partial charge in [-0.05, 0) is 32.0 Å². The number of hydrogen-bond donors (Lipinski definition) is 4. The molecule has 0 saturated carbocycles. The predicted octanol–water partition coefficient (Wildman–Crippen LogP) is 4.38. The van der Waals surface area contributed by atoms with Gasteiger partial charge in [0, 0.05) is 25.5 Å². The Balaban J connectivity index is 1.58. The van der Waals surface area contributed by atoms with Crippen LogP contribution in [0.1, 0.15) is 90.7 Å². The molecular weight excluding hydrogens is 535 g/mol. The quantitative estimate of drug-likeness (QED) is 0.0993. The maximum absolute atomic E-state index is 12.2. The third kappa shape index (κ3) is 11.3. The lowest BCUT2D eigenvalue weighted by atomic mass is 9.96. The summed E-state index contributed by atoms with van der Waals surface area (Å²) in [6, 6.07) is 1.20. The Morgan fingerprint density at radius 2 is 1.66 bits per heavy atom. The van der Waals surface area contributed by atoms with E-state index >= 15 is 0 Å². The van der Waals surface area contributed by atoms with Crippen LogP contribution in [0, 0.1) is 4.77 Å². The number of unbranched alkanes of at least 4 members (excludes halogenated alkanes) is 9. The molecule has 0 radical (unpaired) electrons. The summed E-state index contributed by atoms with van der Waals surface area (Å²) in [4.78, 5) is 23.8. The van der Waals surface area contributed by atoms with Crippen LogP contribution >= 0.6 is 20.0 Å². The van der Waals surface area contributed by atoms with Crippen LogP contribution < -0.4 is 5.56 Å². The van der Waals surface area contributed by atoms with Gasteiger partial charge < -0.3 is 24.6 Å². The van der Waals surface area contributed by atoms with E-state index in [9.17, 15) is 24.5 Å². The van der Waals surface area contributed by atoms with Crippen molar-refractivity contribution >= 4 is 20.0 Å². The maximum atomic E-state index is 12.2. The van der Waals surface area contributed by atoms with Crippen LogP contribution in [0.15, 0.2) is 17.1 Å². The smallest absolute Gasteiger partial charge is 0.387 e. The number of hydrogen-bond acceptors (Lipinski definition) is 9. The molecule has 2 unspecified atom stereocenters. The van der Waals surface area contributed by atoms with Gasteiger partial charge >= 0.3 is 7.82 Å². The van der Waals surface area contributed by atoms with Crippen LogP contribution in [0.3, 0.4) is 0 Å². The summed E-state index contributed by atoms with van der Waals surface area (Å²) in [5.41, 5.74) is -2.23. The molecule has 1 aromatic heterocycles. The van der Waals surface area contributed by atoms with Crippen LogP contribution in [0.5, 0.6) is 0 Å². The number of rotatable bonds is 20. The molecule has 0 spiro atoms. The molecule has 0 aromatic carbocycles. The average molecular weight is 581 g/mol. The zero-order chi connectivity index (χ0) is 28.0. The van der Waals surface area contributed by atoms with Gasteiger partial charge in [0.2, 0.25) is 0 Å². The first kappa shape index (κ1) is 33.3. The number of aromatic amines is 1. The Bertz CT molecular complexity index is 971. The summed E-state index contributed by atoms with van der Waals surface area (Å²) in [7, 11) is -4.41. The van der Waals surface area contributed by atoms with Gasteiger partial charge in [0.25, 0.3) is 5.56 Å². The molecule has 38 heavy (non-hydrogen) atoms. The van der Waals surface area contributed by atoms with Crippen molar-refractivity contribution in [2.75, 3.05) is 26.4 Å². The van der Waals surface area contributed by atoms with E-state index in [-0.39, 0.29) is 11.4 Å². The Labute approximate surface area is 230 Å². The van der Waals surface area contributed by atoms with Crippen LogP contribution in [0.4, 0.5) is 0 Å². The van der Waals surface area contributed by atoms with E-state index < -0.39 is 44.0 Å². The molecule has 1 aliphatic heterocycles. The highest BCUT2D eigenvalue weighted by Gasteiger charge is 2.53. The number of phosphoric ester groups is 1. The van der Waals surface area contributed by atoms with Crippen molar-refractivity contribution in [1.82, 2.24) is 9.55 Å². The predicted molar refractivity (Wildman–Crippen MR) is 145 cm³/mol. The second kappa shape index (κ2) is 17.0. The van der Waals surface area contributed by atoms with Gasteiger partial charge in [-0.1, -0.05) is 64.7 Å². The monoisotopic (exact) mass is 580 g/mol. The van der Waals surface area contributed by atoms with Crippen LogP contribution in [-0.2, 0) is 23.1 Å². The zero-order valence-electron chi connectivity index (χ0n) is 22.6. The van der Waals surface area contributed by atoms with Crippen molar-refractivity contribution in [1.29, 1.82) is 0 Å². The Kier molecular flexibility index (Phi) is 14.9. The number of nitrogens with one attached hydrogen (secondary N) is 1. The number of phosphoric acid groups is 1. The van der Waals surface area contributed by atoms with Crippen molar-refractivity contribution in [2.45, 2.75) is 109 Å². The van der Waals surface area contributed by atoms with Gasteiger partial charge in [-0.2, -0.15) is 0 Å². The molecule has 13 heteroatoms. The number of H-pyrrole nitrogens is 1. The minimum absolute atomic E-state index is 0.0110. The summed E-state index contributed by atoms with van der Waals surface area (Å²) in [6.07, 6.45) is 10.6. The normalized spacial score (nSPS) is 25.0. The van der Waals surface area contributed by atoms with Crippen LogP contribution in [0.2, 0.25) is 0 Å². The van der Waals surface area contributed by atoms with Crippen LogP contribution in [-0.4, -0.2) is 68.9 Å². The zero-order valence-corrected chi connectivity index (χ0v) is 24.3. The van der Waals surface area contributed by atoms with Crippen molar-refractivity contribution in [2.24, 2.45) is 0 Å². The van der Waals surface area contributed by atoms with E-state index in [1.54, 1.807) is 0 Å². The van der Waals surface area contributed by atoms with Gasteiger partial charge in [0.05, 0.1) is 13.2 Å². The third-order valence-corrected chi connectivity index (χ3v) is 7.89. The van der Waals surface area contributed by atoms with Crippen molar-refractivity contribution in [3.63, 3.8) is 0 Å². The standard InChI is InChI=1S/C25H45N2O9PS/c1-3-4-5-6-7-8-9-10-11-12-16-33-17-13-18-34-37(31,32)35-19-20-22(29)25(2,30)23(36-20)27-15-14-21(28)26-24(27)38/h14-15,20,22-23,29-30H,3-13,16-19H2,1-2H3,(H,31,32)(H,26,28,38)/t20-,22+,23-,25?/m1/s1. The van der Waals surface area contributed by atoms with E-state index in [1.165, 1.54) is 75.1 Å². The molecule has 0 aliphatic carbocycles. The SMILES string of the molecule is CCCCCCCCCCCCOCCCOP(=O)(O)OC[C@H]1O[C@@H](n2ccc(=O)[nH]c2=S)C(C)(O)[C@H]1O. The second-order valence-corrected chi connectivity index (χ2v) is 11.8. The van der Waals surface area contributed by atoms with E-state index in [4.69, 9.17) is 30.7 Å². The molecule has 220 valence electrons. The number of nitrogens with zero attached hydrogens (tertiary/aromatic N) is 1. The fourth-order valence-electron chi connectivity index (χ4n) is 4.33. The van der Waals surface area contributed by atoms with Gasteiger partial charge in [-0.3, -0.25) is 23.4 Å². The van der Waals surface area contributed by atoms with Gasteiger partial charge in [-0.15, -0.1) is 0 Å². The highest BCUT2D eigenvalue weighted by Crippen LogP contribution is 2.45. The molecule has 2 rings (SSSR count). The lowest BCUT2D eigenvalue weighted by Crippen LogP contribution is -2.44. The lowest BCUT2D eigenvalue weighted by Gasteiger charge is -2.27. The summed E-state index contributed by atoms with van der Waals surface area (Å²) < 4.78 is 34.7. The largest absolute Gasteiger partial charge is 0.472 e. The van der Waals surface area contributed by atoms with Gasteiger partial charge in [0.1, 0.15) is 17.8 Å². The molecule has 0 amide bonds. The number of aromatic nitrogens is 2. The molecule has 1 aliphatic rings. The fourth-order valence-corrected chi connectivity index (χ4v) is 5.36. The Morgan fingerprint density at radius 3 is 2.29 bits per heavy atom. The molecule has 0 bridgehead atoms. The number of aliphatic hydroxyl groups excluding tert-OH is 1. The number of aliphatic hydroxyl groups is 2. The fraction of sp³-hybridized carbons (Fsp3) is 0.840. The summed E-state index contributed by atoms with van der Waals surface area (Å²) in [6.45, 7) is 4.08. The van der Waals surface area contributed by atoms with Crippen molar-refractivity contribution in [3.05, 3.63) is 27.4 Å². The topological polar surface area (TPSA) is 152 Å². The van der Waals surface area contributed by atoms with Crippen LogP contribution in [0.25, 0.3) is 0 Å². The minimum atomic E-state index is -4.41. The van der Waals surface area contributed by atoms with E-state index in [1.807, 2.05) is 0 Å². The van der Waals surface area contributed by atoms with E-state index in [0.717, 1.165) is 12.8 Å². The van der Waals surface area contributed by atoms with Gasteiger partial charge in [-0.25, -0.2) is 4.57 Å². The summed E-state index contributed by atoms with van der Waals surface area (Å²) in [5.74, 6) is 0. The van der Waals surface area contributed by atoms with Gasteiger partial charge in [0.15, 0.2) is 11.0 Å². The Hall–Kier alpha value is -0.950. The molecule has 1 saturated heterocycles. The van der Waals surface area contributed by atoms with E-state index in [0.29, 0.717) is 19.6 Å². The first-order valence-corrected chi connectivity index (χ1v) is 15.6. The first-order valence-electron chi connectivity index (χ1n) is 13.7. The average Bonchev–Trinajstić information content (AvgIpc) is 3.08. The van der Waals surface area contributed by atoms with E-state index in [2.05, 4.69) is 11.9 Å². The highest BCUT2D eigenvalue weighted by atomic mass is 32.1. The highest BCUT2D eigenvalue weighted by molar-refractivity contribution is 7.71. The summed E-state index contributed by atoms with van der Waals surface area (Å²) in [5, 5.41) is 21.3. The van der Waals surface area contributed by atoms with Crippen molar-refractivity contribution in [3.8, 4) is 0 Å².